The molecule has 0 N–H and O–H groups in total. The molecule has 1 aromatic heterocycles. The number of carbonyl (C=O) groups is 1. The second-order valence-corrected chi connectivity index (χ2v) is 8.73. The lowest BCUT2D eigenvalue weighted by Crippen LogP contribution is -2.42. The van der Waals surface area contributed by atoms with Crippen molar-refractivity contribution in [2.75, 3.05) is 18.1 Å². The number of imidazole rings is 1. The highest BCUT2D eigenvalue weighted by Crippen LogP contribution is 2.54. The first kappa shape index (κ1) is 17.8. The van der Waals surface area contributed by atoms with Crippen molar-refractivity contribution in [3.63, 3.8) is 0 Å². The van der Waals surface area contributed by atoms with Gasteiger partial charge in [-0.25, -0.2) is 4.98 Å². The van der Waals surface area contributed by atoms with E-state index in [0.29, 0.717) is 19.8 Å². The summed E-state index contributed by atoms with van der Waals surface area (Å²) in [6, 6.07) is 20.2. The number of amides is 1. The Labute approximate surface area is 185 Å². The van der Waals surface area contributed by atoms with E-state index in [1.165, 1.54) is 0 Å². The normalized spacial score (nSPS) is 20.4. The van der Waals surface area contributed by atoms with Crippen LogP contribution in [0.2, 0.25) is 0 Å². The summed E-state index contributed by atoms with van der Waals surface area (Å²) in [4.78, 5) is 20.8. The van der Waals surface area contributed by atoms with E-state index >= 15 is 0 Å². The number of hydrogen-bond donors (Lipinski definition) is 0. The van der Waals surface area contributed by atoms with Crippen LogP contribution in [-0.2, 0) is 30.2 Å². The number of ether oxygens (including phenoxy) is 2. The van der Waals surface area contributed by atoms with Crippen molar-refractivity contribution in [3.8, 4) is 11.5 Å². The lowest BCUT2D eigenvalue weighted by molar-refractivity contribution is -0.122. The van der Waals surface area contributed by atoms with Crippen LogP contribution in [0.15, 0.2) is 60.7 Å². The van der Waals surface area contributed by atoms with Gasteiger partial charge in [0.05, 0.1) is 24.2 Å². The Bertz CT molecular complexity index is 1440. The van der Waals surface area contributed by atoms with Gasteiger partial charge in [0.1, 0.15) is 29.3 Å². The van der Waals surface area contributed by atoms with Crippen LogP contribution in [0.4, 0.5) is 5.69 Å². The van der Waals surface area contributed by atoms with E-state index in [9.17, 15) is 4.79 Å². The quantitative estimate of drug-likeness (QED) is 0.493. The second kappa shape index (κ2) is 6.13. The maximum absolute atomic E-state index is 14.2. The number of hydrogen-bond acceptors (Lipinski definition) is 4. The van der Waals surface area contributed by atoms with Crippen LogP contribution < -0.4 is 14.4 Å². The van der Waals surface area contributed by atoms with Crippen LogP contribution in [0.5, 0.6) is 11.5 Å². The number of aryl methyl sites for hydroxylation is 1. The summed E-state index contributed by atoms with van der Waals surface area (Å²) in [6.07, 6.45) is 0.859. The molecule has 0 fully saturated rings. The fraction of sp³-hybridized carbons (Fsp3) is 0.231. The molecule has 3 aliphatic rings. The molecule has 158 valence electrons. The van der Waals surface area contributed by atoms with Crippen LogP contribution in [0.3, 0.4) is 0 Å². The zero-order valence-electron chi connectivity index (χ0n) is 17.7. The highest BCUT2D eigenvalue weighted by atomic mass is 16.5. The molecular formula is C26H21N3O3. The number of para-hydroxylation sites is 3. The molecule has 0 bridgehead atoms. The monoisotopic (exact) mass is 423 g/mol. The third-order valence-electron chi connectivity index (χ3n) is 7.14. The average molecular weight is 423 g/mol. The second-order valence-electron chi connectivity index (χ2n) is 8.73. The van der Waals surface area contributed by atoms with Gasteiger partial charge in [-0.05, 0) is 35.4 Å². The maximum atomic E-state index is 14.2. The van der Waals surface area contributed by atoms with Gasteiger partial charge in [-0.1, -0.05) is 30.3 Å². The molecule has 3 aliphatic heterocycles. The molecule has 3 aromatic carbocycles. The molecule has 4 heterocycles. The molecular weight excluding hydrogens is 402 g/mol. The largest absolute Gasteiger partial charge is 0.493 e. The molecule has 4 aromatic rings. The first-order valence-corrected chi connectivity index (χ1v) is 10.9. The Morgan fingerprint density at radius 1 is 1.00 bits per heavy atom. The average Bonchev–Trinajstić information content (AvgIpc) is 3.56. The zero-order chi connectivity index (χ0) is 21.4. The standard InChI is InChI=1S/C26H21N3O3/c1-28-21-9-5-3-7-19(21)27-24(28)14-29-20-8-4-2-6-17(20)26(25(29)30)15-32-23-13-22-16(10-11-31-22)12-18(23)26/h2-9,12-13H,10-11,14-15H2,1H3. The van der Waals surface area contributed by atoms with Gasteiger partial charge in [-0.2, -0.15) is 0 Å². The van der Waals surface area contributed by atoms with Gasteiger partial charge in [0.15, 0.2) is 0 Å². The highest BCUT2D eigenvalue weighted by molar-refractivity contribution is 6.11. The number of fused-ring (bicyclic) bond motifs is 6. The molecule has 1 unspecified atom stereocenters. The van der Waals surface area contributed by atoms with E-state index in [2.05, 4.69) is 22.8 Å². The smallest absolute Gasteiger partial charge is 0.246 e. The van der Waals surface area contributed by atoms with Gasteiger partial charge in [-0.15, -0.1) is 0 Å². The minimum Gasteiger partial charge on any atom is -0.493 e. The number of anilines is 1. The molecule has 1 spiro atoms. The Kier molecular flexibility index (Phi) is 3.42. The van der Waals surface area contributed by atoms with Crippen LogP contribution in [0.1, 0.15) is 22.5 Å². The summed E-state index contributed by atoms with van der Waals surface area (Å²) in [5.41, 5.74) is 5.19. The fourth-order valence-electron chi connectivity index (χ4n) is 5.48. The Morgan fingerprint density at radius 3 is 2.75 bits per heavy atom. The molecule has 0 aliphatic carbocycles. The van der Waals surface area contributed by atoms with Crippen molar-refractivity contribution < 1.29 is 14.3 Å². The summed E-state index contributed by atoms with van der Waals surface area (Å²) in [5, 5.41) is 0. The van der Waals surface area contributed by atoms with Crippen LogP contribution in [0.25, 0.3) is 11.0 Å². The van der Waals surface area contributed by atoms with Crippen LogP contribution in [-0.4, -0.2) is 28.7 Å². The van der Waals surface area contributed by atoms with E-state index < -0.39 is 5.41 Å². The predicted molar refractivity (Wildman–Crippen MR) is 120 cm³/mol. The van der Waals surface area contributed by atoms with Crippen molar-refractivity contribution in [2.24, 2.45) is 7.05 Å². The van der Waals surface area contributed by atoms with E-state index in [1.807, 2.05) is 54.4 Å². The van der Waals surface area contributed by atoms with Crippen molar-refractivity contribution in [2.45, 2.75) is 18.4 Å². The zero-order valence-corrected chi connectivity index (χ0v) is 17.7. The van der Waals surface area contributed by atoms with Gasteiger partial charge in [0.2, 0.25) is 5.91 Å². The Morgan fingerprint density at radius 2 is 1.84 bits per heavy atom. The maximum Gasteiger partial charge on any atom is 0.246 e. The first-order chi connectivity index (χ1) is 15.7. The van der Waals surface area contributed by atoms with Crippen molar-refractivity contribution in [3.05, 3.63) is 83.2 Å². The molecule has 32 heavy (non-hydrogen) atoms. The van der Waals surface area contributed by atoms with Crippen molar-refractivity contribution in [1.82, 2.24) is 9.55 Å². The molecule has 1 amide bonds. The van der Waals surface area contributed by atoms with Crippen LogP contribution in [0, 0.1) is 0 Å². The minimum atomic E-state index is -0.825. The number of benzene rings is 3. The van der Waals surface area contributed by atoms with Gasteiger partial charge in [0.25, 0.3) is 0 Å². The summed E-state index contributed by atoms with van der Waals surface area (Å²) >= 11 is 0. The Hall–Kier alpha value is -3.80. The number of aromatic nitrogens is 2. The fourth-order valence-corrected chi connectivity index (χ4v) is 5.48. The molecule has 6 nitrogen and oxygen atoms in total. The van der Waals surface area contributed by atoms with Crippen LogP contribution >= 0.6 is 0 Å². The predicted octanol–water partition coefficient (Wildman–Crippen LogP) is 3.73. The van der Waals surface area contributed by atoms with Gasteiger partial charge >= 0.3 is 0 Å². The van der Waals surface area contributed by atoms with Gasteiger partial charge in [0, 0.05) is 30.8 Å². The molecule has 0 saturated carbocycles. The van der Waals surface area contributed by atoms with E-state index in [1.54, 1.807) is 0 Å². The lowest BCUT2D eigenvalue weighted by Gasteiger charge is -2.23. The summed E-state index contributed by atoms with van der Waals surface area (Å²) in [6.45, 7) is 1.39. The van der Waals surface area contributed by atoms with Crippen molar-refractivity contribution >= 4 is 22.6 Å². The number of nitrogens with zero attached hydrogens (tertiary/aromatic N) is 3. The first-order valence-electron chi connectivity index (χ1n) is 10.9. The molecule has 0 radical (unpaired) electrons. The number of carbonyl (C=O) groups excluding carboxylic acids is 1. The SMILES string of the molecule is Cn1c(CN2C(=O)C3(COc4cc5c(cc43)CCO5)c3ccccc32)nc2ccccc21. The topological polar surface area (TPSA) is 56.6 Å². The molecule has 1 atom stereocenters. The van der Waals surface area contributed by atoms with E-state index in [0.717, 1.165) is 57.2 Å². The lowest BCUT2D eigenvalue weighted by atomic mass is 9.76. The van der Waals surface area contributed by atoms with Gasteiger partial charge < -0.3 is 18.9 Å². The molecule has 6 heteroatoms. The minimum absolute atomic E-state index is 0.0448. The molecule has 0 saturated heterocycles. The summed E-state index contributed by atoms with van der Waals surface area (Å²) < 4.78 is 13.9. The third-order valence-corrected chi connectivity index (χ3v) is 7.14. The van der Waals surface area contributed by atoms with Gasteiger partial charge in [-0.3, -0.25) is 4.79 Å². The third kappa shape index (κ3) is 2.14. The molecule has 7 rings (SSSR count). The summed E-state index contributed by atoms with van der Waals surface area (Å²) in [7, 11) is 2.00. The summed E-state index contributed by atoms with van der Waals surface area (Å²) in [5.74, 6) is 2.52. The van der Waals surface area contributed by atoms with Crippen molar-refractivity contribution in [1.29, 1.82) is 0 Å². The van der Waals surface area contributed by atoms with E-state index in [-0.39, 0.29) is 5.91 Å². The number of rotatable bonds is 2. The van der Waals surface area contributed by atoms with E-state index in [4.69, 9.17) is 14.5 Å². The highest BCUT2D eigenvalue weighted by Gasteiger charge is 2.57. The Balaban J connectivity index is 1.38.